The first-order valence-electron chi connectivity index (χ1n) is 5.99. The summed E-state index contributed by atoms with van der Waals surface area (Å²) in [5, 5.41) is 4.81. The molecule has 0 radical (unpaired) electrons. The van der Waals surface area contributed by atoms with E-state index in [1.54, 1.807) is 19.1 Å². The zero-order valence-electron chi connectivity index (χ0n) is 11.0. The van der Waals surface area contributed by atoms with E-state index < -0.39 is 11.6 Å². The highest BCUT2D eigenvalue weighted by molar-refractivity contribution is 6.30. The van der Waals surface area contributed by atoms with E-state index >= 15 is 0 Å². The van der Waals surface area contributed by atoms with Crippen LogP contribution in [0, 0.1) is 18.6 Å². The van der Waals surface area contributed by atoms with Crippen molar-refractivity contribution in [2.24, 2.45) is 5.10 Å². The third-order valence-corrected chi connectivity index (χ3v) is 3.10. The van der Waals surface area contributed by atoms with Gasteiger partial charge in [-0.3, -0.25) is 5.43 Å². The lowest BCUT2D eigenvalue weighted by molar-refractivity contribution is 0.508. The lowest BCUT2D eigenvalue weighted by Crippen LogP contribution is -2.01. The number of anilines is 1. The van der Waals surface area contributed by atoms with Gasteiger partial charge in [0, 0.05) is 10.6 Å². The fraction of sp³-hybridized carbons (Fsp3) is 0.133. The van der Waals surface area contributed by atoms with Gasteiger partial charge in [0.25, 0.3) is 0 Å². The summed E-state index contributed by atoms with van der Waals surface area (Å²) in [5.41, 5.74) is 5.70. The van der Waals surface area contributed by atoms with E-state index in [-0.39, 0.29) is 0 Å². The molecule has 0 aliphatic rings. The van der Waals surface area contributed by atoms with E-state index in [0.29, 0.717) is 16.3 Å². The van der Waals surface area contributed by atoms with E-state index in [9.17, 15) is 8.78 Å². The van der Waals surface area contributed by atoms with E-state index in [4.69, 9.17) is 11.6 Å². The number of nitrogens with zero attached hydrogens (tertiary/aromatic N) is 1. The smallest absolute Gasteiger partial charge is 0.159 e. The number of rotatable bonds is 3. The minimum Gasteiger partial charge on any atom is -0.278 e. The quantitative estimate of drug-likeness (QED) is 0.640. The maximum absolute atomic E-state index is 13.1. The minimum atomic E-state index is -0.889. The molecule has 0 fully saturated rings. The number of hydrogen-bond donors (Lipinski definition) is 1. The SMILES string of the molecule is CC(=NNc1ccc(Cl)cc1C)c1ccc(F)c(F)c1. The Labute approximate surface area is 121 Å². The summed E-state index contributed by atoms with van der Waals surface area (Å²) in [7, 11) is 0. The standard InChI is InChI=1S/C15H13ClF2N2/c1-9-7-12(16)4-6-15(9)20-19-10(2)11-3-5-13(17)14(18)8-11/h3-8,20H,1-2H3. The molecule has 0 aliphatic carbocycles. The highest BCUT2D eigenvalue weighted by atomic mass is 35.5. The van der Waals surface area contributed by atoms with Crippen molar-refractivity contribution in [3.63, 3.8) is 0 Å². The maximum Gasteiger partial charge on any atom is 0.159 e. The maximum atomic E-state index is 13.1. The first-order valence-corrected chi connectivity index (χ1v) is 6.37. The molecule has 0 aliphatic heterocycles. The first-order chi connectivity index (χ1) is 9.47. The molecule has 20 heavy (non-hydrogen) atoms. The molecular weight excluding hydrogens is 282 g/mol. The molecule has 2 aromatic carbocycles. The molecule has 1 N–H and O–H groups in total. The second-order valence-electron chi connectivity index (χ2n) is 4.40. The van der Waals surface area contributed by atoms with Crippen LogP contribution in [0.15, 0.2) is 41.5 Å². The molecule has 0 saturated carbocycles. The summed E-state index contributed by atoms with van der Waals surface area (Å²) in [6, 6.07) is 9.04. The Kier molecular flexibility index (Phi) is 4.35. The summed E-state index contributed by atoms with van der Waals surface area (Å²) in [4.78, 5) is 0. The summed E-state index contributed by atoms with van der Waals surface area (Å²) in [5.74, 6) is -1.76. The van der Waals surface area contributed by atoms with Crippen LogP contribution in [0.5, 0.6) is 0 Å². The molecule has 104 valence electrons. The lowest BCUT2D eigenvalue weighted by Gasteiger charge is -2.07. The Hall–Kier alpha value is -1.94. The number of hydrogen-bond acceptors (Lipinski definition) is 2. The normalized spacial score (nSPS) is 11.6. The Bertz CT molecular complexity index is 669. The Morgan fingerprint density at radius 1 is 1.10 bits per heavy atom. The van der Waals surface area contributed by atoms with Gasteiger partial charge in [-0.05, 0) is 55.8 Å². The Morgan fingerprint density at radius 2 is 1.85 bits per heavy atom. The van der Waals surface area contributed by atoms with Crippen molar-refractivity contribution < 1.29 is 8.78 Å². The van der Waals surface area contributed by atoms with Crippen molar-refractivity contribution in [3.8, 4) is 0 Å². The lowest BCUT2D eigenvalue weighted by atomic mass is 10.1. The Balaban J connectivity index is 2.20. The van der Waals surface area contributed by atoms with Crippen LogP contribution in [0.2, 0.25) is 5.02 Å². The van der Waals surface area contributed by atoms with Crippen LogP contribution in [-0.2, 0) is 0 Å². The van der Waals surface area contributed by atoms with Crippen molar-refractivity contribution in [1.29, 1.82) is 0 Å². The summed E-state index contributed by atoms with van der Waals surface area (Å²) < 4.78 is 26.0. The van der Waals surface area contributed by atoms with Gasteiger partial charge in [-0.25, -0.2) is 8.78 Å². The number of nitrogens with one attached hydrogen (secondary N) is 1. The topological polar surface area (TPSA) is 24.4 Å². The van der Waals surface area contributed by atoms with Gasteiger partial charge in [-0.2, -0.15) is 5.10 Å². The van der Waals surface area contributed by atoms with Gasteiger partial charge < -0.3 is 0 Å². The van der Waals surface area contributed by atoms with Gasteiger partial charge in [0.2, 0.25) is 0 Å². The van der Waals surface area contributed by atoms with Gasteiger partial charge in [-0.1, -0.05) is 11.6 Å². The summed E-state index contributed by atoms with van der Waals surface area (Å²) >= 11 is 5.87. The fourth-order valence-corrected chi connectivity index (χ4v) is 1.91. The van der Waals surface area contributed by atoms with Crippen molar-refractivity contribution in [1.82, 2.24) is 0 Å². The molecule has 2 nitrogen and oxygen atoms in total. The molecule has 0 amide bonds. The van der Waals surface area contributed by atoms with E-state index in [1.807, 2.05) is 13.0 Å². The van der Waals surface area contributed by atoms with Crippen molar-refractivity contribution in [2.75, 3.05) is 5.43 Å². The molecular formula is C15H13ClF2N2. The number of hydrazone groups is 1. The predicted molar refractivity (Wildman–Crippen MR) is 78.4 cm³/mol. The zero-order valence-corrected chi connectivity index (χ0v) is 11.8. The fourth-order valence-electron chi connectivity index (χ4n) is 1.68. The highest BCUT2D eigenvalue weighted by Gasteiger charge is 2.05. The largest absolute Gasteiger partial charge is 0.278 e. The average molecular weight is 295 g/mol. The van der Waals surface area contributed by atoms with Gasteiger partial charge >= 0.3 is 0 Å². The monoisotopic (exact) mass is 294 g/mol. The minimum absolute atomic E-state index is 0.517. The van der Waals surface area contributed by atoms with E-state index in [0.717, 1.165) is 23.4 Å². The zero-order chi connectivity index (χ0) is 14.7. The molecule has 0 atom stereocenters. The second kappa shape index (κ2) is 6.01. The van der Waals surface area contributed by atoms with Crippen molar-refractivity contribution in [3.05, 3.63) is 64.2 Å². The average Bonchev–Trinajstić information content (AvgIpc) is 2.40. The predicted octanol–water partition coefficient (Wildman–Crippen LogP) is 4.76. The third kappa shape index (κ3) is 3.33. The van der Waals surface area contributed by atoms with Crippen LogP contribution in [0.25, 0.3) is 0 Å². The number of halogens is 3. The molecule has 2 rings (SSSR count). The van der Waals surface area contributed by atoms with Crippen LogP contribution in [0.3, 0.4) is 0 Å². The molecule has 2 aromatic rings. The first kappa shape index (κ1) is 14.5. The van der Waals surface area contributed by atoms with Crippen LogP contribution in [0.1, 0.15) is 18.1 Å². The van der Waals surface area contributed by atoms with Gasteiger partial charge in [0.1, 0.15) is 0 Å². The van der Waals surface area contributed by atoms with Gasteiger partial charge in [0.15, 0.2) is 11.6 Å². The molecule has 0 heterocycles. The van der Waals surface area contributed by atoms with Crippen molar-refractivity contribution >= 4 is 23.0 Å². The van der Waals surface area contributed by atoms with Crippen molar-refractivity contribution in [2.45, 2.75) is 13.8 Å². The molecule has 0 saturated heterocycles. The van der Waals surface area contributed by atoms with E-state index in [1.165, 1.54) is 6.07 Å². The molecule has 0 aromatic heterocycles. The van der Waals surface area contributed by atoms with Crippen LogP contribution in [0.4, 0.5) is 14.5 Å². The van der Waals surface area contributed by atoms with Gasteiger partial charge in [-0.15, -0.1) is 0 Å². The molecule has 0 bridgehead atoms. The number of aryl methyl sites for hydroxylation is 1. The van der Waals surface area contributed by atoms with Crippen LogP contribution >= 0.6 is 11.6 Å². The summed E-state index contributed by atoms with van der Waals surface area (Å²) in [6.07, 6.45) is 0. The molecule has 5 heteroatoms. The van der Waals surface area contributed by atoms with E-state index in [2.05, 4.69) is 10.5 Å². The third-order valence-electron chi connectivity index (χ3n) is 2.87. The molecule has 0 spiro atoms. The second-order valence-corrected chi connectivity index (χ2v) is 4.83. The molecule has 0 unspecified atom stereocenters. The van der Waals surface area contributed by atoms with Crippen LogP contribution in [-0.4, -0.2) is 5.71 Å². The highest BCUT2D eigenvalue weighted by Crippen LogP contribution is 2.19. The van der Waals surface area contributed by atoms with Crippen LogP contribution < -0.4 is 5.43 Å². The number of benzene rings is 2. The van der Waals surface area contributed by atoms with Gasteiger partial charge in [0.05, 0.1) is 11.4 Å². The Morgan fingerprint density at radius 3 is 2.50 bits per heavy atom. The summed E-state index contributed by atoms with van der Waals surface area (Å²) in [6.45, 7) is 3.61.